The lowest BCUT2D eigenvalue weighted by molar-refractivity contribution is 0.121. The van der Waals surface area contributed by atoms with Crippen LogP contribution in [-0.2, 0) is 13.1 Å². The highest BCUT2D eigenvalue weighted by Gasteiger charge is 2.28. The first-order valence-electron chi connectivity index (χ1n) is 12.1. The highest BCUT2D eigenvalue weighted by Crippen LogP contribution is 2.30. The first-order valence-corrected chi connectivity index (χ1v) is 12.1. The van der Waals surface area contributed by atoms with Crippen molar-refractivity contribution in [2.75, 3.05) is 0 Å². The molecule has 36 heavy (non-hydrogen) atoms. The maximum atomic E-state index is 11.9. The van der Waals surface area contributed by atoms with Gasteiger partial charge >= 0.3 is 11.4 Å². The van der Waals surface area contributed by atoms with Crippen LogP contribution < -0.4 is 22.4 Å². The van der Waals surface area contributed by atoms with Crippen molar-refractivity contribution in [1.29, 1.82) is 0 Å². The van der Waals surface area contributed by atoms with Gasteiger partial charge in [0.2, 0.25) is 0 Å². The Morgan fingerprint density at radius 2 is 1.39 bits per heavy atom. The number of halogens is 1. The van der Waals surface area contributed by atoms with E-state index in [-0.39, 0.29) is 35.9 Å². The van der Waals surface area contributed by atoms with Gasteiger partial charge in [-0.3, -0.25) is 9.13 Å². The van der Waals surface area contributed by atoms with Crippen LogP contribution >= 0.6 is 12.4 Å². The highest BCUT2D eigenvalue weighted by molar-refractivity contribution is 5.85. The number of aryl methyl sites for hydroxylation is 2. The van der Waals surface area contributed by atoms with Crippen molar-refractivity contribution in [3.05, 3.63) is 68.5 Å². The Labute approximate surface area is 213 Å². The van der Waals surface area contributed by atoms with Crippen LogP contribution in [0.15, 0.2) is 46.0 Å². The van der Waals surface area contributed by atoms with Gasteiger partial charge in [0.25, 0.3) is 0 Å². The number of hydrogen-bond acceptors (Lipinski definition) is 6. The van der Waals surface area contributed by atoms with Gasteiger partial charge in [-0.2, -0.15) is 0 Å². The topological polar surface area (TPSA) is 154 Å². The largest absolute Gasteiger partial charge is 0.387 e. The summed E-state index contributed by atoms with van der Waals surface area (Å²) in [6, 6.07) is 11.1. The Morgan fingerprint density at radius 3 is 1.92 bits per heavy atom. The average Bonchev–Trinajstić information content (AvgIpc) is 3.23. The van der Waals surface area contributed by atoms with Gasteiger partial charge in [0.1, 0.15) is 0 Å². The number of nitrogens with two attached hydrogens (primary N) is 1. The minimum atomic E-state index is -0.701. The lowest BCUT2D eigenvalue weighted by Gasteiger charge is -2.24. The molecular formula is C25H33ClN6O4. The smallest absolute Gasteiger partial charge is 0.326 e. The van der Waals surface area contributed by atoms with Crippen molar-refractivity contribution < 1.29 is 10.2 Å². The third kappa shape index (κ3) is 4.51. The van der Waals surface area contributed by atoms with Gasteiger partial charge < -0.3 is 31.2 Å². The Balaban J connectivity index is 0.000000167. The Kier molecular flexibility index (Phi) is 7.44. The van der Waals surface area contributed by atoms with E-state index in [1.807, 2.05) is 36.4 Å². The highest BCUT2D eigenvalue weighted by atomic mass is 35.5. The van der Waals surface area contributed by atoms with E-state index in [2.05, 4.69) is 29.1 Å². The van der Waals surface area contributed by atoms with Crippen molar-refractivity contribution >= 4 is 34.5 Å². The summed E-state index contributed by atoms with van der Waals surface area (Å²) in [5, 5.41) is 24.0. The quantitative estimate of drug-likeness (QED) is 0.238. The van der Waals surface area contributed by atoms with Crippen LogP contribution in [0.5, 0.6) is 0 Å². The summed E-state index contributed by atoms with van der Waals surface area (Å²) in [4.78, 5) is 29.3. The van der Waals surface area contributed by atoms with E-state index in [0.717, 1.165) is 39.6 Å². The number of H-pyrrole nitrogens is 2. The molecule has 4 atom stereocenters. The molecule has 0 saturated heterocycles. The van der Waals surface area contributed by atoms with E-state index in [4.69, 9.17) is 5.73 Å². The second kappa shape index (κ2) is 10.2. The van der Waals surface area contributed by atoms with E-state index in [1.165, 1.54) is 0 Å². The van der Waals surface area contributed by atoms with Gasteiger partial charge in [-0.25, -0.2) is 9.59 Å². The fourth-order valence-corrected chi connectivity index (χ4v) is 5.31. The van der Waals surface area contributed by atoms with Crippen LogP contribution in [0, 0.1) is 0 Å². The van der Waals surface area contributed by atoms with Crippen molar-refractivity contribution in [2.24, 2.45) is 5.73 Å². The molecule has 7 N–H and O–H groups in total. The van der Waals surface area contributed by atoms with Gasteiger partial charge in [0.15, 0.2) is 0 Å². The molecular weight excluding hydrogens is 484 g/mol. The number of nitrogens with one attached hydrogen (secondary N) is 3. The molecule has 0 fully saturated rings. The number of aliphatic hydroxyl groups is 2. The first-order chi connectivity index (χ1) is 16.8. The third-order valence-corrected chi connectivity index (χ3v) is 6.97. The summed E-state index contributed by atoms with van der Waals surface area (Å²) >= 11 is 0. The summed E-state index contributed by atoms with van der Waals surface area (Å²) in [5.41, 5.74) is 10.4. The maximum Gasteiger partial charge on any atom is 0.326 e. The second-order valence-corrected chi connectivity index (χ2v) is 9.71. The van der Waals surface area contributed by atoms with Crippen molar-refractivity contribution in [3.63, 3.8) is 0 Å². The number of hydrogen-bond donors (Lipinski definition) is 6. The zero-order valence-corrected chi connectivity index (χ0v) is 21.1. The summed E-state index contributed by atoms with van der Waals surface area (Å²) in [6.07, 6.45) is 0.0477. The minimum Gasteiger partial charge on any atom is -0.387 e. The third-order valence-electron chi connectivity index (χ3n) is 6.97. The van der Waals surface area contributed by atoms with Crippen LogP contribution in [-0.4, -0.2) is 47.4 Å². The zero-order valence-electron chi connectivity index (χ0n) is 20.3. The molecule has 2 aromatic heterocycles. The molecule has 0 bridgehead atoms. The number of rotatable bonds is 2. The lowest BCUT2D eigenvalue weighted by Crippen LogP contribution is -2.39. The monoisotopic (exact) mass is 516 g/mol. The zero-order chi connectivity index (χ0) is 24.9. The van der Waals surface area contributed by atoms with Crippen LogP contribution in [0.25, 0.3) is 22.1 Å². The molecule has 0 unspecified atom stereocenters. The van der Waals surface area contributed by atoms with Gasteiger partial charge in [0.05, 0.1) is 34.3 Å². The first kappa shape index (κ1) is 26.2. The number of aromatic nitrogens is 4. The molecule has 4 heterocycles. The molecule has 0 radical (unpaired) electrons. The van der Waals surface area contributed by atoms with E-state index < -0.39 is 12.2 Å². The molecule has 0 aliphatic carbocycles. The fourth-order valence-electron chi connectivity index (χ4n) is 5.31. The Morgan fingerprint density at radius 1 is 0.889 bits per heavy atom. The van der Waals surface area contributed by atoms with E-state index in [9.17, 15) is 19.8 Å². The van der Waals surface area contributed by atoms with E-state index in [0.29, 0.717) is 25.6 Å². The number of benzene rings is 2. The molecule has 6 rings (SSSR count). The van der Waals surface area contributed by atoms with Crippen LogP contribution in [0.3, 0.4) is 0 Å². The normalized spacial score (nSPS) is 23.1. The predicted octanol–water partition coefficient (Wildman–Crippen LogP) is 1.65. The molecule has 2 aliphatic rings. The summed E-state index contributed by atoms with van der Waals surface area (Å²) in [6.45, 7) is 5.29. The molecule has 0 amide bonds. The predicted molar refractivity (Wildman–Crippen MR) is 142 cm³/mol. The van der Waals surface area contributed by atoms with Crippen LogP contribution in [0.1, 0.15) is 50.0 Å². The molecule has 2 aliphatic heterocycles. The van der Waals surface area contributed by atoms with Gasteiger partial charge in [-0.05, 0) is 25.0 Å². The van der Waals surface area contributed by atoms with E-state index >= 15 is 0 Å². The van der Waals surface area contributed by atoms with Gasteiger partial charge in [-0.15, -0.1) is 12.4 Å². The number of nitrogens with zero attached hydrogens (tertiary/aromatic N) is 2. The number of para-hydroxylation sites is 2. The summed E-state index contributed by atoms with van der Waals surface area (Å²) in [5.74, 6) is 0. The maximum absolute atomic E-state index is 11.9. The number of aliphatic hydroxyl groups excluding tert-OH is 2. The van der Waals surface area contributed by atoms with Crippen LogP contribution in [0.2, 0.25) is 0 Å². The SMILES string of the molecule is CC(C)N[C@@H]1CCn2c(=O)[nH]c3cccc(c32)[C@H]1O.Cl.N[C@@H]1CCn2c(=O)[nH]c3cccc(c32)[C@H]1O. The average molecular weight is 517 g/mol. The van der Waals surface area contributed by atoms with Crippen LogP contribution in [0.4, 0.5) is 0 Å². The minimum absolute atomic E-state index is 0. The number of imidazole rings is 2. The van der Waals surface area contributed by atoms with Crippen molar-refractivity contribution in [1.82, 2.24) is 24.4 Å². The molecule has 194 valence electrons. The second-order valence-electron chi connectivity index (χ2n) is 9.71. The van der Waals surface area contributed by atoms with E-state index in [1.54, 1.807) is 9.13 Å². The molecule has 0 spiro atoms. The van der Waals surface area contributed by atoms with Gasteiger partial charge in [0, 0.05) is 42.3 Å². The molecule has 4 aromatic rings. The molecule has 2 aromatic carbocycles. The molecule has 0 saturated carbocycles. The fraction of sp³-hybridized carbons (Fsp3) is 0.440. The molecule has 11 heteroatoms. The Bertz CT molecular complexity index is 1490. The van der Waals surface area contributed by atoms with Gasteiger partial charge in [-0.1, -0.05) is 38.1 Å². The number of aromatic amines is 2. The summed E-state index contributed by atoms with van der Waals surface area (Å²) in [7, 11) is 0. The summed E-state index contributed by atoms with van der Waals surface area (Å²) < 4.78 is 3.39. The Hall–Kier alpha value is -2.89. The molecule has 10 nitrogen and oxygen atoms in total. The standard InChI is InChI=1S/C14H19N3O2.C11H13N3O2.ClH/c1-8(2)15-11-6-7-17-12-9(13(11)18)4-3-5-10(12)16-14(17)19;12-7-4-5-14-9-6(10(7)15)2-1-3-8(9)13-11(14)16;/h3-5,8,11,13,15,18H,6-7H2,1-2H3,(H,16,19);1-3,7,10,15H,4-5,12H2,(H,13,16);1H/t11-,13-;7-,10-;/m11./s1. The van der Waals surface area contributed by atoms with Crippen molar-refractivity contribution in [2.45, 2.75) is 70.1 Å². The van der Waals surface area contributed by atoms with Crippen molar-refractivity contribution in [3.8, 4) is 0 Å². The lowest BCUT2D eigenvalue weighted by atomic mass is 9.99.